The maximum atomic E-state index is 12.9. The normalized spacial score (nSPS) is 11.9. The Bertz CT molecular complexity index is 1080. The maximum Gasteiger partial charge on any atom is 0.279 e. The zero-order valence-corrected chi connectivity index (χ0v) is 19.1. The molecule has 30 heavy (non-hydrogen) atoms. The molecule has 0 spiro atoms. The molecule has 0 N–H and O–H groups in total. The third kappa shape index (κ3) is 5.37. The minimum absolute atomic E-state index is 0.262. The van der Waals surface area contributed by atoms with E-state index in [1.165, 1.54) is 11.1 Å². The largest absolute Gasteiger partial charge is 0.494 e. The highest BCUT2D eigenvalue weighted by molar-refractivity contribution is 7.16. The quantitative estimate of drug-likeness (QED) is 0.438. The van der Waals surface area contributed by atoms with Crippen LogP contribution >= 0.6 is 11.3 Å². The predicted molar refractivity (Wildman–Crippen MR) is 123 cm³/mol. The van der Waals surface area contributed by atoms with Crippen molar-refractivity contribution in [3.63, 3.8) is 0 Å². The highest BCUT2D eigenvalue weighted by atomic mass is 32.1. The second-order valence-electron chi connectivity index (χ2n) is 7.31. The van der Waals surface area contributed by atoms with Gasteiger partial charge in [0.2, 0.25) is 0 Å². The number of hydrogen-bond donors (Lipinski definition) is 0. The Hall–Kier alpha value is -2.44. The van der Waals surface area contributed by atoms with Crippen molar-refractivity contribution in [1.29, 1.82) is 0 Å². The molecule has 0 radical (unpaired) electrons. The van der Waals surface area contributed by atoms with Gasteiger partial charge >= 0.3 is 0 Å². The zero-order chi connectivity index (χ0) is 21.5. The van der Waals surface area contributed by atoms with Gasteiger partial charge in [-0.2, -0.15) is 4.99 Å². The molecular weight excluding hydrogens is 396 g/mol. The van der Waals surface area contributed by atoms with Gasteiger partial charge in [-0.15, -0.1) is 0 Å². The van der Waals surface area contributed by atoms with E-state index >= 15 is 0 Å². The molecule has 160 valence electrons. The Morgan fingerprint density at radius 3 is 2.73 bits per heavy atom. The van der Waals surface area contributed by atoms with Gasteiger partial charge in [0.25, 0.3) is 5.91 Å². The Labute approximate surface area is 182 Å². The molecule has 0 saturated carbocycles. The molecule has 0 unspecified atom stereocenters. The van der Waals surface area contributed by atoms with Gasteiger partial charge in [-0.25, -0.2) is 0 Å². The van der Waals surface area contributed by atoms with Crippen LogP contribution in [0.5, 0.6) is 5.75 Å². The summed E-state index contributed by atoms with van der Waals surface area (Å²) in [6.45, 7) is 10.8. The van der Waals surface area contributed by atoms with E-state index in [0.717, 1.165) is 23.1 Å². The Morgan fingerprint density at radius 1 is 1.13 bits per heavy atom. The molecule has 2 aromatic carbocycles. The summed E-state index contributed by atoms with van der Waals surface area (Å²) >= 11 is 1.55. The molecule has 1 aromatic heterocycles. The van der Waals surface area contributed by atoms with Crippen LogP contribution in [0, 0.1) is 13.8 Å². The number of carbonyl (C=O) groups is 1. The lowest BCUT2D eigenvalue weighted by Gasteiger charge is -2.07. The van der Waals surface area contributed by atoms with Crippen LogP contribution in [0.2, 0.25) is 0 Å². The fraction of sp³-hybridized carbons (Fsp3) is 0.417. The molecule has 0 atom stereocenters. The van der Waals surface area contributed by atoms with Gasteiger partial charge in [0.15, 0.2) is 4.80 Å². The highest BCUT2D eigenvalue weighted by Crippen LogP contribution is 2.23. The highest BCUT2D eigenvalue weighted by Gasteiger charge is 2.12. The number of fused-ring (bicyclic) bond motifs is 1. The van der Waals surface area contributed by atoms with Crippen LogP contribution in [0.1, 0.15) is 48.2 Å². The second kappa shape index (κ2) is 10.5. The van der Waals surface area contributed by atoms with Gasteiger partial charge in [0.1, 0.15) is 5.75 Å². The molecule has 3 rings (SSSR count). The number of unbranched alkanes of at least 4 members (excludes halogenated alkanes) is 1. The molecule has 0 aliphatic carbocycles. The SMILES string of the molecule is CCCCOc1cccc(C(=O)N=c2sc3c(C)cc(C)cc3n2CCOCC)c1. The summed E-state index contributed by atoms with van der Waals surface area (Å²) in [6, 6.07) is 11.6. The molecule has 1 heterocycles. The third-order valence-corrected chi connectivity index (χ3v) is 6.05. The summed E-state index contributed by atoms with van der Waals surface area (Å²) in [5.41, 5.74) is 4.02. The predicted octanol–water partition coefficient (Wildman–Crippen LogP) is 5.28. The molecule has 1 amide bonds. The van der Waals surface area contributed by atoms with Crippen LogP contribution in [0.25, 0.3) is 10.2 Å². The fourth-order valence-corrected chi connectivity index (χ4v) is 4.42. The van der Waals surface area contributed by atoms with E-state index in [1.807, 2.05) is 19.1 Å². The third-order valence-electron chi connectivity index (χ3n) is 4.82. The molecular formula is C24H30N2O3S. The van der Waals surface area contributed by atoms with Crippen molar-refractivity contribution in [2.24, 2.45) is 4.99 Å². The van der Waals surface area contributed by atoms with E-state index in [9.17, 15) is 4.79 Å². The molecule has 0 aliphatic rings. The first-order valence-corrected chi connectivity index (χ1v) is 11.3. The van der Waals surface area contributed by atoms with E-state index in [-0.39, 0.29) is 5.91 Å². The first-order chi connectivity index (χ1) is 14.5. The van der Waals surface area contributed by atoms with Crippen LogP contribution in [0.15, 0.2) is 41.4 Å². The van der Waals surface area contributed by atoms with Crippen molar-refractivity contribution in [1.82, 2.24) is 4.57 Å². The summed E-state index contributed by atoms with van der Waals surface area (Å²) in [6.07, 6.45) is 2.06. The maximum absolute atomic E-state index is 12.9. The van der Waals surface area contributed by atoms with E-state index in [2.05, 4.69) is 42.5 Å². The molecule has 0 aliphatic heterocycles. The number of nitrogens with zero attached hydrogens (tertiary/aromatic N) is 2. The molecule has 3 aromatic rings. The van der Waals surface area contributed by atoms with E-state index in [4.69, 9.17) is 9.47 Å². The molecule has 0 saturated heterocycles. The van der Waals surface area contributed by atoms with Gasteiger partial charge in [-0.1, -0.05) is 36.8 Å². The van der Waals surface area contributed by atoms with Crippen LogP contribution in [0.3, 0.4) is 0 Å². The molecule has 0 fully saturated rings. The first-order valence-electron chi connectivity index (χ1n) is 10.5. The lowest BCUT2D eigenvalue weighted by Crippen LogP contribution is -2.19. The number of aryl methyl sites for hydroxylation is 2. The number of rotatable bonds is 9. The van der Waals surface area contributed by atoms with Gasteiger partial charge < -0.3 is 14.0 Å². The van der Waals surface area contributed by atoms with Crippen molar-refractivity contribution in [3.05, 3.63) is 57.9 Å². The summed E-state index contributed by atoms with van der Waals surface area (Å²) in [4.78, 5) is 18.1. The summed E-state index contributed by atoms with van der Waals surface area (Å²) in [7, 11) is 0. The fourth-order valence-electron chi connectivity index (χ4n) is 3.32. The number of hydrogen-bond acceptors (Lipinski definition) is 4. The average Bonchev–Trinajstić information content (AvgIpc) is 3.06. The van der Waals surface area contributed by atoms with Gasteiger partial charge in [-0.3, -0.25) is 4.79 Å². The zero-order valence-electron chi connectivity index (χ0n) is 18.2. The number of benzene rings is 2. The van der Waals surface area contributed by atoms with Crippen molar-refractivity contribution in [2.75, 3.05) is 19.8 Å². The lowest BCUT2D eigenvalue weighted by molar-refractivity contribution is 0.0996. The monoisotopic (exact) mass is 426 g/mol. The number of ether oxygens (including phenoxy) is 2. The number of thiazole rings is 1. The molecule has 0 bridgehead atoms. The topological polar surface area (TPSA) is 52.8 Å². The second-order valence-corrected chi connectivity index (χ2v) is 8.29. The first kappa shape index (κ1) is 22.2. The summed E-state index contributed by atoms with van der Waals surface area (Å²) < 4.78 is 14.5. The Balaban J connectivity index is 1.98. The van der Waals surface area contributed by atoms with Crippen molar-refractivity contribution in [3.8, 4) is 5.75 Å². The number of amides is 1. The Kier molecular flexibility index (Phi) is 7.82. The molecule has 6 heteroatoms. The van der Waals surface area contributed by atoms with Crippen molar-refractivity contribution >= 4 is 27.5 Å². The van der Waals surface area contributed by atoms with E-state index in [1.54, 1.807) is 23.5 Å². The summed E-state index contributed by atoms with van der Waals surface area (Å²) in [5, 5.41) is 0. The van der Waals surface area contributed by atoms with Crippen LogP contribution < -0.4 is 9.54 Å². The number of aromatic nitrogens is 1. The lowest BCUT2D eigenvalue weighted by atomic mass is 10.1. The smallest absolute Gasteiger partial charge is 0.279 e. The van der Waals surface area contributed by atoms with Crippen molar-refractivity contribution < 1.29 is 14.3 Å². The minimum Gasteiger partial charge on any atom is -0.494 e. The molecule has 5 nitrogen and oxygen atoms in total. The Morgan fingerprint density at radius 2 is 1.97 bits per heavy atom. The minimum atomic E-state index is -0.262. The van der Waals surface area contributed by atoms with Gasteiger partial charge in [0, 0.05) is 18.7 Å². The van der Waals surface area contributed by atoms with Crippen LogP contribution in [-0.2, 0) is 11.3 Å². The average molecular weight is 427 g/mol. The van der Waals surface area contributed by atoms with Gasteiger partial charge in [0.05, 0.1) is 23.4 Å². The van der Waals surface area contributed by atoms with E-state index in [0.29, 0.717) is 42.5 Å². The van der Waals surface area contributed by atoms with Crippen LogP contribution in [-0.4, -0.2) is 30.3 Å². The van der Waals surface area contributed by atoms with E-state index < -0.39 is 0 Å². The van der Waals surface area contributed by atoms with Crippen LogP contribution in [0.4, 0.5) is 0 Å². The number of carbonyl (C=O) groups excluding carboxylic acids is 1. The van der Waals surface area contributed by atoms with Gasteiger partial charge in [-0.05, 0) is 62.6 Å². The standard InChI is InChI=1S/C24H30N2O3S/c1-5-7-12-29-20-10-8-9-19(16-20)23(27)25-24-26(11-13-28-6-2)21-15-17(3)14-18(4)22(21)30-24/h8-10,14-16H,5-7,11-13H2,1-4H3. The van der Waals surface area contributed by atoms with Crippen molar-refractivity contribution in [2.45, 2.75) is 47.1 Å². The summed E-state index contributed by atoms with van der Waals surface area (Å²) in [5.74, 6) is 0.443.